The van der Waals surface area contributed by atoms with Crippen LogP contribution in [0.25, 0.3) is 0 Å². The van der Waals surface area contributed by atoms with Gasteiger partial charge in [0.05, 0.1) is 7.11 Å². The Hall–Kier alpha value is -1.03. The third-order valence-corrected chi connectivity index (χ3v) is 3.01. The number of rotatable bonds is 3. The molecule has 0 N–H and O–H groups in total. The summed E-state index contributed by atoms with van der Waals surface area (Å²) in [6.07, 6.45) is 0. The van der Waals surface area contributed by atoms with Crippen LogP contribution in [0.1, 0.15) is 13.8 Å². The second kappa shape index (κ2) is 4.66. The van der Waals surface area contributed by atoms with Gasteiger partial charge in [0.2, 0.25) is 0 Å². The molecule has 0 aliphatic heterocycles. The zero-order valence-electron chi connectivity index (χ0n) is 8.91. The number of carbonyl (C=O) groups excluding carboxylic acids is 1. The highest BCUT2D eigenvalue weighted by Gasteiger charge is 2.29. The number of methoxy groups -OCH3 is 1. The van der Waals surface area contributed by atoms with Crippen molar-refractivity contribution in [2.45, 2.75) is 23.5 Å². The van der Waals surface area contributed by atoms with Crippen molar-refractivity contribution >= 4 is 17.7 Å². The Morgan fingerprint density at radius 2 is 2.13 bits per heavy atom. The van der Waals surface area contributed by atoms with E-state index in [2.05, 4.69) is 4.74 Å². The zero-order chi connectivity index (χ0) is 11.5. The third kappa shape index (κ3) is 3.23. The van der Waals surface area contributed by atoms with Crippen LogP contribution in [-0.4, -0.2) is 17.8 Å². The number of benzene rings is 1. The second-order valence-corrected chi connectivity index (χ2v) is 5.26. The Labute approximate surface area is 92.8 Å². The van der Waals surface area contributed by atoms with Crippen LogP contribution < -0.4 is 0 Å². The summed E-state index contributed by atoms with van der Waals surface area (Å²) in [5.41, 5.74) is 0. The molecule has 1 aromatic carbocycles. The smallest absolute Gasteiger partial charge is 0.321 e. The highest BCUT2D eigenvalue weighted by Crippen LogP contribution is 2.33. The average Bonchev–Trinajstić information content (AvgIpc) is 2.15. The molecule has 0 unspecified atom stereocenters. The molecule has 2 nitrogen and oxygen atoms in total. The Bertz CT molecular complexity index is 363. The number of esters is 1. The fraction of sp³-hybridized carbons (Fsp3) is 0.364. The summed E-state index contributed by atoms with van der Waals surface area (Å²) >= 11 is 1.28. The fourth-order valence-corrected chi connectivity index (χ4v) is 2.19. The number of ether oxygens (including phenoxy) is 1. The summed E-state index contributed by atoms with van der Waals surface area (Å²) < 4.78 is 16.9. The van der Waals surface area contributed by atoms with Gasteiger partial charge in [-0.25, -0.2) is 4.39 Å². The third-order valence-electron chi connectivity index (χ3n) is 1.85. The number of hydrogen-bond acceptors (Lipinski definition) is 3. The van der Waals surface area contributed by atoms with Crippen LogP contribution in [-0.2, 0) is 9.53 Å². The SMILES string of the molecule is COC(=O)C(C)(C)Sc1cccc(F)c1. The average molecular weight is 228 g/mol. The lowest BCUT2D eigenvalue weighted by atomic mass is 10.2. The number of hydrogen-bond donors (Lipinski definition) is 0. The molecular formula is C11H13FO2S. The Kier molecular flexibility index (Phi) is 3.74. The standard InChI is InChI=1S/C11H13FO2S/c1-11(2,10(13)14-3)15-9-6-4-5-8(12)7-9/h4-7H,1-3H3. The zero-order valence-corrected chi connectivity index (χ0v) is 9.73. The fourth-order valence-electron chi connectivity index (χ4n) is 1.11. The first-order valence-corrected chi connectivity index (χ1v) is 5.30. The van der Waals surface area contributed by atoms with Crippen molar-refractivity contribution < 1.29 is 13.9 Å². The van der Waals surface area contributed by atoms with Crippen LogP contribution in [0.15, 0.2) is 29.2 Å². The minimum atomic E-state index is -0.706. The molecule has 0 aromatic heterocycles. The van der Waals surface area contributed by atoms with Gasteiger partial charge in [0.15, 0.2) is 0 Å². The van der Waals surface area contributed by atoms with E-state index in [9.17, 15) is 9.18 Å². The van der Waals surface area contributed by atoms with E-state index in [1.807, 2.05) is 0 Å². The van der Waals surface area contributed by atoms with E-state index in [1.54, 1.807) is 26.0 Å². The lowest BCUT2D eigenvalue weighted by Gasteiger charge is -2.20. The van der Waals surface area contributed by atoms with Crippen molar-refractivity contribution in [1.82, 2.24) is 0 Å². The maximum atomic E-state index is 12.9. The van der Waals surface area contributed by atoms with Gasteiger partial charge < -0.3 is 4.74 Å². The molecule has 1 rings (SSSR count). The van der Waals surface area contributed by atoms with Crippen molar-refractivity contribution in [3.63, 3.8) is 0 Å². The molecule has 0 saturated carbocycles. The van der Waals surface area contributed by atoms with Gasteiger partial charge in [0.25, 0.3) is 0 Å². The van der Waals surface area contributed by atoms with Crippen LogP contribution >= 0.6 is 11.8 Å². The van der Waals surface area contributed by atoms with Crippen LogP contribution in [0.2, 0.25) is 0 Å². The molecule has 15 heavy (non-hydrogen) atoms. The normalized spacial score (nSPS) is 11.2. The minimum Gasteiger partial charge on any atom is -0.468 e. The molecule has 0 atom stereocenters. The first kappa shape index (κ1) is 12.0. The molecule has 0 heterocycles. The molecule has 0 amide bonds. The van der Waals surface area contributed by atoms with Gasteiger partial charge in [-0.2, -0.15) is 0 Å². The Morgan fingerprint density at radius 1 is 1.47 bits per heavy atom. The molecule has 1 aromatic rings. The predicted octanol–water partition coefficient (Wildman–Crippen LogP) is 2.87. The Balaban J connectivity index is 2.81. The van der Waals surface area contributed by atoms with E-state index in [4.69, 9.17) is 0 Å². The van der Waals surface area contributed by atoms with E-state index in [-0.39, 0.29) is 11.8 Å². The monoisotopic (exact) mass is 228 g/mol. The van der Waals surface area contributed by atoms with Crippen molar-refractivity contribution in [2.75, 3.05) is 7.11 Å². The van der Waals surface area contributed by atoms with Crippen LogP contribution in [0.3, 0.4) is 0 Å². The summed E-state index contributed by atoms with van der Waals surface area (Å²) in [7, 11) is 1.34. The highest BCUT2D eigenvalue weighted by molar-refractivity contribution is 8.01. The van der Waals surface area contributed by atoms with Crippen LogP contribution in [0.5, 0.6) is 0 Å². The summed E-state index contributed by atoms with van der Waals surface area (Å²) in [4.78, 5) is 12.1. The molecular weight excluding hydrogens is 215 g/mol. The molecule has 0 radical (unpaired) electrons. The van der Waals surface area contributed by atoms with Crippen LogP contribution in [0, 0.1) is 5.82 Å². The summed E-state index contributed by atoms with van der Waals surface area (Å²) in [6, 6.07) is 6.15. The lowest BCUT2D eigenvalue weighted by Crippen LogP contribution is -2.28. The van der Waals surface area contributed by atoms with Gasteiger partial charge in [-0.05, 0) is 32.0 Å². The van der Waals surface area contributed by atoms with Crippen molar-refractivity contribution in [2.24, 2.45) is 0 Å². The van der Waals surface area contributed by atoms with Crippen LogP contribution in [0.4, 0.5) is 4.39 Å². The van der Waals surface area contributed by atoms with Gasteiger partial charge in [-0.15, -0.1) is 11.8 Å². The van der Waals surface area contributed by atoms with Gasteiger partial charge >= 0.3 is 5.97 Å². The number of carbonyl (C=O) groups is 1. The maximum absolute atomic E-state index is 12.9. The van der Waals surface area contributed by atoms with E-state index < -0.39 is 4.75 Å². The molecule has 0 aliphatic carbocycles. The molecule has 0 bridgehead atoms. The van der Waals surface area contributed by atoms with Crippen molar-refractivity contribution in [1.29, 1.82) is 0 Å². The molecule has 0 fully saturated rings. The quantitative estimate of drug-likeness (QED) is 0.588. The summed E-state index contributed by atoms with van der Waals surface area (Å²) in [5.74, 6) is -0.627. The van der Waals surface area contributed by atoms with E-state index in [1.165, 1.54) is 31.0 Å². The van der Waals surface area contributed by atoms with E-state index in [0.717, 1.165) is 0 Å². The molecule has 0 saturated heterocycles. The second-order valence-electron chi connectivity index (χ2n) is 3.56. The predicted molar refractivity (Wildman–Crippen MR) is 58.4 cm³/mol. The van der Waals surface area contributed by atoms with Gasteiger partial charge in [-0.3, -0.25) is 4.79 Å². The summed E-state index contributed by atoms with van der Waals surface area (Å²) in [5, 5.41) is 0. The van der Waals surface area contributed by atoms with Gasteiger partial charge in [0, 0.05) is 4.90 Å². The summed E-state index contributed by atoms with van der Waals surface area (Å²) in [6.45, 7) is 3.49. The molecule has 0 aliphatic rings. The van der Waals surface area contributed by atoms with Gasteiger partial charge in [-0.1, -0.05) is 6.07 Å². The molecule has 0 spiro atoms. The first-order valence-electron chi connectivity index (χ1n) is 4.49. The first-order chi connectivity index (χ1) is 6.95. The Morgan fingerprint density at radius 3 is 2.67 bits per heavy atom. The minimum absolute atomic E-state index is 0.305. The maximum Gasteiger partial charge on any atom is 0.321 e. The molecule has 82 valence electrons. The number of halogens is 1. The van der Waals surface area contributed by atoms with Crippen molar-refractivity contribution in [3.05, 3.63) is 30.1 Å². The van der Waals surface area contributed by atoms with Crippen molar-refractivity contribution in [3.8, 4) is 0 Å². The highest BCUT2D eigenvalue weighted by atomic mass is 32.2. The number of thioether (sulfide) groups is 1. The van der Waals surface area contributed by atoms with E-state index in [0.29, 0.717) is 4.90 Å². The lowest BCUT2D eigenvalue weighted by molar-refractivity contribution is -0.142. The topological polar surface area (TPSA) is 26.3 Å². The largest absolute Gasteiger partial charge is 0.468 e. The van der Waals surface area contributed by atoms with E-state index >= 15 is 0 Å². The molecule has 4 heteroatoms. The van der Waals surface area contributed by atoms with Gasteiger partial charge in [0.1, 0.15) is 10.6 Å².